The fraction of sp³-hybridized carbons (Fsp3) is 0.714. The molecule has 2 aliphatic rings. The van der Waals surface area contributed by atoms with Crippen molar-refractivity contribution in [2.45, 2.75) is 50.5 Å². The highest BCUT2D eigenvalue weighted by molar-refractivity contribution is 5.82. The van der Waals surface area contributed by atoms with Crippen LogP contribution in [-0.2, 0) is 4.79 Å². The summed E-state index contributed by atoms with van der Waals surface area (Å²) in [6.45, 7) is 0.867. The van der Waals surface area contributed by atoms with Crippen molar-refractivity contribution in [3.63, 3.8) is 0 Å². The van der Waals surface area contributed by atoms with Gasteiger partial charge in [-0.05, 0) is 19.3 Å². The molecule has 1 saturated heterocycles. The molecule has 0 bridgehead atoms. The monoisotopic (exact) mass is 247 g/mol. The Morgan fingerprint density at radius 1 is 1.22 bits per heavy atom. The molecule has 4 heteroatoms. The number of imidazole rings is 1. The van der Waals surface area contributed by atoms with Gasteiger partial charge in [-0.15, -0.1) is 0 Å². The number of amides is 1. The number of rotatable bonds is 2. The molecular formula is C14H21N3O. The summed E-state index contributed by atoms with van der Waals surface area (Å²) in [6.07, 6.45) is 11.2. The zero-order valence-corrected chi connectivity index (χ0v) is 11.0. The number of hydrogen-bond donors (Lipinski definition) is 0. The molecule has 1 saturated carbocycles. The maximum atomic E-state index is 12.1. The first-order valence-electron chi connectivity index (χ1n) is 7.05. The average molecular weight is 247 g/mol. The van der Waals surface area contributed by atoms with Gasteiger partial charge in [-0.1, -0.05) is 19.3 Å². The summed E-state index contributed by atoms with van der Waals surface area (Å²) in [6, 6.07) is -0.00516. The number of nitrogens with zero attached hydrogens (tertiary/aromatic N) is 3. The molecule has 18 heavy (non-hydrogen) atoms. The van der Waals surface area contributed by atoms with Crippen LogP contribution < -0.4 is 0 Å². The molecule has 98 valence electrons. The lowest BCUT2D eigenvalue weighted by molar-refractivity contribution is -0.129. The number of carbonyl (C=O) groups excluding carboxylic acids is 1. The molecule has 1 aliphatic heterocycles. The van der Waals surface area contributed by atoms with Gasteiger partial charge < -0.3 is 9.47 Å². The second-order valence-corrected chi connectivity index (χ2v) is 5.59. The van der Waals surface area contributed by atoms with E-state index in [4.69, 9.17) is 0 Å². The predicted octanol–water partition coefficient (Wildman–Crippen LogP) is 2.33. The van der Waals surface area contributed by atoms with E-state index < -0.39 is 0 Å². The Kier molecular flexibility index (Phi) is 3.10. The summed E-state index contributed by atoms with van der Waals surface area (Å²) >= 11 is 0. The Morgan fingerprint density at radius 2 is 2.00 bits per heavy atom. The van der Waals surface area contributed by atoms with Gasteiger partial charge in [0.05, 0.1) is 0 Å². The first-order chi connectivity index (χ1) is 8.77. The van der Waals surface area contributed by atoms with E-state index in [0.717, 1.165) is 18.8 Å². The maximum absolute atomic E-state index is 12.1. The van der Waals surface area contributed by atoms with Crippen LogP contribution in [0.25, 0.3) is 0 Å². The van der Waals surface area contributed by atoms with E-state index in [1.807, 2.05) is 24.3 Å². The van der Waals surface area contributed by atoms with Gasteiger partial charge >= 0.3 is 0 Å². The number of likely N-dealkylation sites (N-methyl/N-ethyl adjacent to an activating group) is 1. The number of hydrogen-bond acceptors (Lipinski definition) is 2. The van der Waals surface area contributed by atoms with Gasteiger partial charge in [-0.3, -0.25) is 4.79 Å². The lowest BCUT2D eigenvalue weighted by Crippen LogP contribution is -2.26. The van der Waals surface area contributed by atoms with Crippen LogP contribution in [0.2, 0.25) is 0 Å². The molecule has 3 rings (SSSR count). The Hall–Kier alpha value is -1.32. The minimum absolute atomic E-state index is 0.00516. The van der Waals surface area contributed by atoms with E-state index in [1.54, 1.807) is 0 Å². The van der Waals surface area contributed by atoms with Crippen molar-refractivity contribution in [2.75, 3.05) is 13.6 Å². The summed E-state index contributed by atoms with van der Waals surface area (Å²) in [5.41, 5.74) is 0. The fourth-order valence-electron chi connectivity index (χ4n) is 3.33. The third-order valence-corrected chi connectivity index (χ3v) is 4.40. The number of aromatic nitrogens is 2. The first kappa shape index (κ1) is 11.8. The van der Waals surface area contributed by atoms with Gasteiger partial charge in [0.25, 0.3) is 0 Å². The third kappa shape index (κ3) is 1.93. The van der Waals surface area contributed by atoms with Crippen LogP contribution in [0.1, 0.15) is 56.3 Å². The molecule has 1 unspecified atom stereocenters. The zero-order chi connectivity index (χ0) is 12.5. The molecule has 0 aromatic carbocycles. The third-order valence-electron chi connectivity index (χ3n) is 4.40. The summed E-state index contributed by atoms with van der Waals surface area (Å²) in [5.74, 6) is 1.95. The van der Waals surface area contributed by atoms with Crippen molar-refractivity contribution in [1.82, 2.24) is 14.5 Å². The topological polar surface area (TPSA) is 38.1 Å². The van der Waals surface area contributed by atoms with Crippen LogP contribution in [0.15, 0.2) is 12.4 Å². The standard InChI is InChI=1S/C14H21N3O/c1-16-9-7-12(14(16)18)17-10-8-15-13(17)11-5-3-2-4-6-11/h8,10-12H,2-7,9H2,1H3. The molecule has 0 radical (unpaired) electrons. The molecule has 1 aromatic rings. The molecule has 1 atom stereocenters. The van der Waals surface area contributed by atoms with E-state index in [-0.39, 0.29) is 11.9 Å². The van der Waals surface area contributed by atoms with E-state index in [9.17, 15) is 4.79 Å². The Balaban J connectivity index is 1.85. The second-order valence-electron chi connectivity index (χ2n) is 5.59. The van der Waals surface area contributed by atoms with Crippen LogP contribution in [0.5, 0.6) is 0 Å². The maximum Gasteiger partial charge on any atom is 0.245 e. The SMILES string of the molecule is CN1CCC(n2ccnc2C2CCCCC2)C1=O. The molecule has 1 aliphatic carbocycles. The lowest BCUT2D eigenvalue weighted by Gasteiger charge is -2.24. The van der Waals surface area contributed by atoms with E-state index in [0.29, 0.717) is 5.92 Å². The molecule has 4 nitrogen and oxygen atoms in total. The predicted molar refractivity (Wildman–Crippen MR) is 69.3 cm³/mol. The van der Waals surface area contributed by atoms with Crippen molar-refractivity contribution in [1.29, 1.82) is 0 Å². The molecule has 1 amide bonds. The van der Waals surface area contributed by atoms with Crippen molar-refractivity contribution >= 4 is 5.91 Å². The summed E-state index contributed by atoms with van der Waals surface area (Å²) in [7, 11) is 1.89. The van der Waals surface area contributed by atoms with Gasteiger partial charge in [0, 0.05) is 31.9 Å². The molecule has 2 heterocycles. The minimum Gasteiger partial charge on any atom is -0.344 e. The van der Waals surface area contributed by atoms with E-state index in [2.05, 4.69) is 9.55 Å². The van der Waals surface area contributed by atoms with Crippen molar-refractivity contribution < 1.29 is 4.79 Å². The van der Waals surface area contributed by atoms with Gasteiger partial charge in [0.15, 0.2) is 0 Å². The van der Waals surface area contributed by atoms with Crippen LogP contribution in [0, 0.1) is 0 Å². The van der Waals surface area contributed by atoms with Crippen molar-refractivity contribution in [3.05, 3.63) is 18.2 Å². The number of carbonyl (C=O) groups is 1. The van der Waals surface area contributed by atoms with Crippen LogP contribution in [0.3, 0.4) is 0 Å². The summed E-state index contributed by atoms with van der Waals surface area (Å²) in [4.78, 5) is 18.5. The summed E-state index contributed by atoms with van der Waals surface area (Å²) < 4.78 is 2.14. The highest BCUT2D eigenvalue weighted by Gasteiger charge is 2.33. The zero-order valence-electron chi connectivity index (χ0n) is 11.0. The number of likely N-dealkylation sites (tertiary alicyclic amines) is 1. The minimum atomic E-state index is -0.00516. The molecule has 0 N–H and O–H groups in total. The van der Waals surface area contributed by atoms with Gasteiger partial charge in [0.2, 0.25) is 5.91 Å². The normalized spacial score (nSPS) is 25.9. The Bertz CT molecular complexity index is 434. The quantitative estimate of drug-likeness (QED) is 0.804. The van der Waals surface area contributed by atoms with Gasteiger partial charge in [-0.2, -0.15) is 0 Å². The molecule has 2 fully saturated rings. The molecule has 1 aromatic heterocycles. The smallest absolute Gasteiger partial charge is 0.245 e. The van der Waals surface area contributed by atoms with Crippen molar-refractivity contribution in [2.24, 2.45) is 0 Å². The van der Waals surface area contributed by atoms with Crippen LogP contribution >= 0.6 is 0 Å². The first-order valence-corrected chi connectivity index (χ1v) is 7.05. The second kappa shape index (κ2) is 4.75. The van der Waals surface area contributed by atoms with Crippen molar-refractivity contribution in [3.8, 4) is 0 Å². The Labute approximate surface area is 108 Å². The van der Waals surface area contributed by atoms with Crippen LogP contribution in [-0.4, -0.2) is 34.0 Å². The van der Waals surface area contributed by atoms with Crippen LogP contribution in [0.4, 0.5) is 0 Å². The lowest BCUT2D eigenvalue weighted by atomic mass is 9.88. The fourth-order valence-corrected chi connectivity index (χ4v) is 3.33. The highest BCUT2D eigenvalue weighted by Crippen LogP contribution is 2.34. The average Bonchev–Trinajstić information content (AvgIpc) is 2.99. The van der Waals surface area contributed by atoms with E-state index >= 15 is 0 Å². The molecule has 0 spiro atoms. The highest BCUT2D eigenvalue weighted by atomic mass is 16.2. The van der Waals surface area contributed by atoms with Gasteiger partial charge in [0.1, 0.15) is 11.9 Å². The molecular weight excluding hydrogens is 226 g/mol. The Morgan fingerprint density at radius 3 is 2.67 bits per heavy atom. The summed E-state index contributed by atoms with van der Waals surface area (Å²) in [5, 5.41) is 0. The van der Waals surface area contributed by atoms with E-state index in [1.165, 1.54) is 32.1 Å². The van der Waals surface area contributed by atoms with Gasteiger partial charge in [-0.25, -0.2) is 4.98 Å². The largest absolute Gasteiger partial charge is 0.344 e.